The molecule has 142 valence electrons. The number of hydrogen-bond donors (Lipinski definition) is 0. The number of hydrogen-bond acceptors (Lipinski definition) is 4. The molecule has 0 amide bonds. The molecule has 0 saturated heterocycles. The van der Waals surface area contributed by atoms with Crippen molar-refractivity contribution in [3.8, 4) is 17.1 Å². The van der Waals surface area contributed by atoms with Crippen LogP contribution in [0.2, 0.25) is 0 Å². The van der Waals surface area contributed by atoms with E-state index in [4.69, 9.17) is 10.1 Å². The minimum Gasteiger partial charge on any atom is -0.217 e. The van der Waals surface area contributed by atoms with E-state index in [1.165, 1.54) is 21.7 Å². The van der Waals surface area contributed by atoms with Gasteiger partial charge in [-0.3, -0.25) is 0 Å². The van der Waals surface area contributed by atoms with Crippen LogP contribution in [0.3, 0.4) is 0 Å². The summed E-state index contributed by atoms with van der Waals surface area (Å²) in [5.41, 5.74) is 4.23. The topological polar surface area (TPSA) is 68.1 Å². The monoisotopic (exact) mass is 384 g/mol. The molecule has 0 N–H and O–H groups in total. The van der Waals surface area contributed by atoms with Gasteiger partial charge in [-0.2, -0.15) is 0 Å². The molecule has 7 heteroatoms. The molecule has 0 saturated carbocycles. The molecule has 0 radical (unpaired) electrons. The summed E-state index contributed by atoms with van der Waals surface area (Å²) >= 11 is 0. The van der Waals surface area contributed by atoms with E-state index in [2.05, 4.69) is 26.0 Å². The Morgan fingerprint density at radius 1 is 1.04 bits per heavy atom. The Kier molecular flexibility index (Phi) is 5.43. The lowest BCUT2D eigenvalue weighted by atomic mass is 10.1. The molecular weight excluding hydrogens is 360 g/mol. The SMILES string of the molecule is Cc1ccc(-n2nc(-c3ccccc3)nc2CCN(C)S(C)(=O)=O)cc1C. The Balaban J connectivity index is 2.01. The zero-order valence-corrected chi connectivity index (χ0v) is 16.9. The van der Waals surface area contributed by atoms with Gasteiger partial charge in [0, 0.05) is 25.6 Å². The van der Waals surface area contributed by atoms with Crippen molar-refractivity contribution in [2.75, 3.05) is 19.8 Å². The number of nitrogens with zero attached hydrogens (tertiary/aromatic N) is 4. The van der Waals surface area contributed by atoms with E-state index in [0.717, 1.165) is 17.1 Å². The van der Waals surface area contributed by atoms with Crippen LogP contribution >= 0.6 is 0 Å². The van der Waals surface area contributed by atoms with Crippen LogP contribution in [0.15, 0.2) is 48.5 Å². The maximum absolute atomic E-state index is 11.7. The van der Waals surface area contributed by atoms with Gasteiger partial charge in [0.15, 0.2) is 5.82 Å². The van der Waals surface area contributed by atoms with Gasteiger partial charge in [-0.25, -0.2) is 22.4 Å². The summed E-state index contributed by atoms with van der Waals surface area (Å²) in [5.74, 6) is 1.36. The van der Waals surface area contributed by atoms with Crippen LogP contribution in [0.4, 0.5) is 0 Å². The van der Waals surface area contributed by atoms with E-state index in [1.54, 1.807) is 7.05 Å². The number of likely N-dealkylation sites (N-methyl/N-ethyl adjacent to an activating group) is 1. The Morgan fingerprint density at radius 3 is 2.37 bits per heavy atom. The largest absolute Gasteiger partial charge is 0.217 e. The smallest absolute Gasteiger partial charge is 0.210 e. The van der Waals surface area contributed by atoms with Crippen LogP contribution in [0, 0.1) is 13.8 Å². The first-order valence-corrected chi connectivity index (χ1v) is 10.6. The molecule has 0 aliphatic rings. The van der Waals surface area contributed by atoms with Crippen molar-refractivity contribution in [1.82, 2.24) is 19.1 Å². The normalized spacial score (nSPS) is 11.9. The van der Waals surface area contributed by atoms with Gasteiger partial charge in [0.2, 0.25) is 10.0 Å². The molecule has 0 bridgehead atoms. The molecule has 0 spiro atoms. The molecule has 0 aliphatic carbocycles. The Morgan fingerprint density at radius 2 is 1.74 bits per heavy atom. The van der Waals surface area contributed by atoms with E-state index in [0.29, 0.717) is 18.8 Å². The van der Waals surface area contributed by atoms with Crippen molar-refractivity contribution in [2.45, 2.75) is 20.3 Å². The molecule has 3 aromatic rings. The van der Waals surface area contributed by atoms with Gasteiger partial charge < -0.3 is 0 Å². The fraction of sp³-hybridized carbons (Fsp3) is 0.300. The standard InChI is InChI=1S/C20H24N4O2S/c1-15-10-11-18(14-16(15)2)24-19(12-13-23(3)27(4,25)26)21-20(22-24)17-8-6-5-7-9-17/h5-11,14H,12-13H2,1-4H3. The lowest BCUT2D eigenvalue weighted by Gasteiger charge is -2.14. The summed E-state index contributed by atoms with van der Waals surface area (Å²) in [5, 5.41) is 4.70. The number of benzene rings is 2. The third-order valence-corrected chi connectivity index (χ3v) is 5.97. The van der Waals surface area contributed by atoms with Crippen molar-refractivity contribution in [3.63, 3.8) is 0 Å². The molecule has 0 atom stereocenters. The first-order chi connectivity index (χ1) is 12.8. The van der Waals surface area contributed by atoms with Crippen molar-refractivity contribution >= 4 is 10.0 Å². The third kappa shape index (κ3) is 4.43. The lowest BCUT2D eigenvalue weighted by molar-refractivity contribution is 0.472. The predicted molar refractivity (Wildman–Crippen MR) is 107 cm³/mol. The molecular formula is C20H24N4O2S. The summed E-state index contributed by atoms with van der Waals surface area (Å²) in [4.78, 5) is 4.69. The second-order valence-electron chi connectivity index (χ2n) is 6.73. The molecule has 1 aromatic heterocycles. The van der Waals surface area contributed by atoms with Gasteiger partial charge in [-0.1, -0.05) is 36.4 Å². The maximum atomic E-state index is 11.7. The molecule has 27 heavy (non-hydrogen) atoms. The van der Waals surface area contributed by atoms with E-state index in [-0.39, 0.29) is 0 Å². The van der Waals surface area contributed by atoms with Crippen molar-refractivity contribution in [3.05, 3.63) is 65.5 Å². The number of sulfonamides is 1. The van der Waals surface area contributed by atoms with Gasteiger partial charge in [-0.15, -0.1) is 5.10 Å². The molecule has 0 aliphatic heterocycles. The van der Waals surface area contributed by atoms with Crippen LogP contribution < -0.4 is 0 Å². The van der Waals surface area contributed by atoms with Crippen molar-refractivity contribution in [2.24, 2.45) is 0 Å². The van der Waals surface area contributed by atoms with Crippen LogP contribution in [0.25, 0.3) is 17.1 Å². The van der Waals surface area contributed by atoms with Crippen LogP contribution in [0.5, 0.6) is 0 Å². The van der Waals surface area contributed by atoms with Gasteiger partial charge in [-0.05, 0) is 37.1 Å². The molecule has 1 heterocycles. The highest BCUT2D eigenvalue weighted by molar-refractivity contribution is 7.88. The van der Waals surface area contributed by atoms with Crippen LogP contribution in [0.1, 0.15) is 17.0 Å². The van der Waals surface area contributed by atoms with Crippen LogP contribution in [-0.2, 0) is 16.4 Å². The quantitative estimate of drug-likeness (QED) is 0.655. The highest BCUT2D eigenvalue weighted by Gasteiger charge is 2.17. The zero-order valence-electron chi connectivity index (χ0n) is 16.0. The number of rotatable bonds is 6. The van der Waals surface area contributed by atoms with E-state index in [1.807, 2.05) is 41.1 Å². The maximum Gasteiger partial charge on any atom is 0.210 e. The minimum atomic E-state index is -3.23. The van der Waals surface area contributed by atoms with Gasteiger partial charge in [0.05, 0.1) is 11.9 Å². The summed E-state index contributed by atoms with van der Waals surface area (Å²) in [6.45, 7) is 4.47. The van der Waals surface area contributed by atoms with Crippen molar-refractivity contribution in [1.29, 1.82) is 0 Å². The number of aryl methyl sites for hydroxylation is 2. The first kappa shape index (κ1) is 19.3. The Hall–Kier alpha value is -2.51. The lowest BCUT2D eigenvalue weighted by Crippen LogP contribution is -2.28. The van der Waals surface area contributed by atoms with E-state index < -0.39 is 10.0 Å². The van der Waals surface area contributed by atoms with Crippen LogP contribution in [-0.4, -0.2) is 47.3 Å². The van der Waals surface area contributed by atoms with Crippen molar-refractivity contribution < 1.29 is 8.42 Å². The molecule has 0 fully saturated rings. The third-order valence-electron chi connectivity index (χ3n) is 4.66. The Bertz CT molecular complexity index is 1040. The van der Waals surface area contributed by atoms with Gasteiger partial charge >= 0.3 is 0 Å². The summed E-state index contributed by atoms with van der Waals surface area (Å²) in [6.07, 6.45) is 1.67. The molecule has 6 nitrogen and oxygen atoms in total. The molecule has 3 rings (SSSR count). The Labute approximate surface area is 160 Å². The van der Waals surface area contributed by atoms with Gasteiger partial charge in [0.1, 0.15) is 5.82 Å². The summed E-state index contributed by atoms with van der Waals surface area (Å²) in [7, 11) is -1.66. The fourth-order valence-electron chi connectivity index (χ4n) is 2.70. The first-order valence-electron chi connectivity index (χ1n) is 8.76. The summed E-state index contributed by atoms with van der Waals surface area (Å²) < 4.78 is 26.5. The van der Waals surface area contributed by atoms with E-state index in [9.17, 15) is 8.42 Å². The number of aromatic nitrogens is 3. The summed E-state index contributed by atoms with van der Waals surface area (Å²) in [6, 6.07) is 15.9. The molecule has 2 aromatic carbocycles. The highest BCUT2D eigenvalue weighted by Crippen LogP contribution is 2.20. The average Bonchev–Trinajstić information content (AvgIpc) is 3.06. The molecule has 0 unspecified atom stereocenters. The average molecular weight is 385 g/mol. The van der Waals surface area contributed by atoms with Gasteiger partial charge in [0.25, 0.3) is 0 Å². The minimum absolute atomic E-state index is 0.344. The highest BCUT2D eigenvalue weighted by atomic mass is 32.2. The second kappa shape index (κ2) is 7.62. The van der Waals surface area contributed by atoms with E-state index >= 15 is 0 Å². The predicted octanol–water partition coefficient (Wildman–Crippen LogP) is 2.99. The zero-order chi connectivity index (χ0) is 19.6. The fourth-order valence-corrected chi connectivity index (χ4v) is 3.13. The second-order valence-corrected chi connectivity index (χ2v) is 8.82.